The number of anilines is 1. The summed E-state index contributed by atoms with van der Waals surface area (Å²) in [4.78, 5) is 14.6. The van der Waals surface area contributed by atoms with E-state index in [1.807, 2.05) is 6.92 Å². The SMILES string of the molecule is CCOC(=O)CCCCCC1(C)C2=C3C=C4C=C5c6oc7c8ccccc8ccc7[n+]6CC(C)(C)C5OC4CC3CCN2c2ccccc21. The number of para-hydroxylation sites is 1. The number of benzene rings is 3. The standard InChI is InChI=1S/C43H47N2O4/c1-5-47-37(46)17-7-6-12-21-43(4)33-15-10-11-16-34(33)44-22-20-28-25-36-29(23-31(28)39(43)44)24-32-40(48-36)42(2,3)26-45-35-19-18-27-13-8-9-14-30(27)38(35)49-41(32)45/h8-11,13-16,18-19,23-24,28,36,40H,5-7,12,17,20-22,25-26H2,1-4H3/q+1. The number of esters is 1. The van der Waals surface area contributed by atoms with Gasteiger partial charge in [-0.05, 0) is 85.8 Å². The Balaban J connectivity index is 1.12. The lowest BCUT2D eigenvalue weighted by molar-refractivity contribution is -0.697. The fourth-order valence-electron chi connectivity index (χ4n) is 9.79. The van der Waals surface area contributed by atoms with Crippen LogP contribution >= 0.6 is 0 Å². The van der Waals surface area contributed by atoms with E-state index in [0.29, 0.717) is 18.9 Å². The minimum atomic E-state index is -0.0848. The maximum Gasteiger partial charge on any atom is 0.380 e. The van der Waals surface area contributed by atoms with Gasteiger partial charge < -0.3 is 18.8 Å². The lowest BCUT2D eigenvalue weighted by Gasteiger charge is -2.46. The predicted molar refractivity (Wildman–Crippen MR) is 193 cm³/mol. The molecule has 4 aliphatic heterocycles. The van der Waals surface area contributed by atoms with Crippen LogP contribution in [0, 0.1) is 11.3 Å². The van der Waals surface area contributed by atoms with Crippen molar-refractivity contribution in [3.05, 3.63) is 101 Å². The molecule has 9 rings (SSSR count). The van der Waals surface area contributed by atoms with E-state index in [1.165, 1.54) is 33.5 Å². The summed E-state index contributed by atoms with van der Waals surface area (Å²) in [5.41, 5.74) is 10.1. The molecule has 0 saturated carbocycles. The number of carbonyl (C=O) groups is 1. The second-order valence-electron chi connectivity index (χ2n) is 15.8. The smallest absolute Gasteiger partial charge is 0.380 e. The van der Waals surface area contributed by atoms with Gasteiger partial charge in [0.2, 0.25) is 5.58 Å². The molecule has 0 N–H and O–H groups in total. The Morgan fingerprint density at radius 2 is 1.84 bits per heavy atom. The molecule has 5 heterocycles. The molecule has 1 aliphatic carbocycles. The molecule has 4 unspecified atom stereocenters. The van der Waals surface area contributed by atoms with E-state index in [-0.39, 0.29) is 29.0 Å². The first-order valence-corrected chi connectivity index (χ1v) is 18.5. The van der Waals surface area contributed by atoms with Crippen LogP contribution in [0.3, 0.4) is 0 Å². The fourth-order valence-corrected chi connectivity index (χ4v) is 9.79. The van der Waals surface area contributed by atoms with Gasteiger partial charge in [-0.25, -0.2) is 0 Å². The lowest BCUT2D eigenvalue weighted by atomic mass is 9.69. The van der Waals surface area contributed by atoms with Gasteiger partial charge in [-0.1, -0.05) is 75.2 Å². The van der Waals surface area contributed by atoms with E-state index < -0.39 is 0 Å². The van der Waals surface area contributed by atoms with E-state index in [4.69, 9.17) is 13.9 Å². The quantitative estimate of drug-likeness (QED) is 0.113. The summed E-state index contributed by atoms with van der Waals surface area (Å²) < 4.78 is 21.6. The summed E-state index contributed by atoms with van der Waals surface area (Å²) in [5.74, 6) is 1.33. The average Bonchev–Trinajstić information content (AvgIpc) is 3.59. The highest BCUT2D eigenvalue weighted by Gasteiger charge is 2.53. The van der Waals surface area contributed by atoms with Crippen LogP contribution in [0.15, 0.2) is 94.1 Å². The monoisotopic (exact) mass is 655 g/mol. The Morgan fingerprint density at radius 3 is 2.71 bits per heavy atom. The van der Waals surface area contributed by atoms with Gasteiger partial charge >= 0.3 is 11.9 Å². The van der Waals surface area contributed by atoms with Gasteiger partial charge in [-0.15, -0.1) is 0 Å². The van der Waals surface area contributed by atoms with Crippen molar-refractivity contribution in [2.45, 2.75) is 96.8 Å². The van der Waals surface area contributed by atoms with Crippen LogP contribution in [-0.4, -0.2) is 31.3 Å². The number of unbranched alkanes of at least 4 members (excludes halogenated alkanes) is 2. The number of rotatable bonds is 7. The number of carbonyl (C=O) groups excluding carboxylic acids is 1. The summed E-state index contributed by atoms with van der Waals surface area (Å²) in [7, 11) is 0. The summed E-state index contributed by atoms with van der Waals surface area (Å²) >= 11 is 0. The molecule has 6 heteroatoms. The molecule has 4 atom stereocenters. The zero-order chi connectivity index (χ0) is 33.5. The van der Waals surface area contributed by atoms with Crippen LogP contribution in [0.4, 0.5) is 5.69 Å². The van der Waals surface area contributed by atoms with Crippen LogP contribution < -0.4 is 9.47 Å². The zero-order valence-corrected chi connectivity index (χ0v) is 29.3. The highest BCUT2D eigenvalue weighted by atomic mass is 16.5. The van der Waals surface area contributed by atoms with Crippen molar-refractivity contribution in [3.63, 3.8) is 0 Å². The Labute approximate surface area is 289 Å². The van der Waals surface area contributed by atoms with E-state index in [2.05, 4.69) is 103 Å². The molecule has 49 heavy (non-hydrogen) atoms. The van der Waals surface area contributed by atoms with Gasteiger partial charge in [0.25, 0.3) is 5.52 Å². The molecule has 1 aromatic heterocycles. The Morgan fingerprint density at radius 1 is 1.00 bits per heavy atom. The molecular weight excluding hydrogens is 608 g/mol. The molecule has 0 radical (unpaired) electrons. The van der Waals surface area contributed by atoms with Crippen molar-refractivity contribution in [3.8, 4) is 0 Å². The number of nitrogens with zero attached hydrogens (tertiary/aromatic N) is 2. The maximum atomic E-state index is 12.0. The van der Waals surface area contributed by atoms with Crippen molar-refractivity contribution < 1.29 is 23.3 Å². The van der Waals surface area contributed by atoms with Gasteiger partial charge in [0.1, 0.15) is 6.10 Å². The predicted octanol–water partition coefficient (Wildman–Crippen LogP) is 8.96. The van der Waals surface area contributed by atoms with Crippen molar-refractivity contribution >= 4 is 39.1 Å². The molecular formula is C43H47N2O4+. The summed E-state index contributed by atoms with van der Waals surface area (Å²) in [6.07, 6.45) is 11.7. The lowest BCUT2D eigenvalue weighted by Crippen LogP contribution is -2.56. The number of allylic oxidation sites excluding steroid dienone is 3. The van der Waals surface area contributed by atoms with Gasteiger partial charge in [0.05, 0.1) is 23.7 Å². The topological polar surface area (TPSA) is 55.8 Å². The molecule has 3 aromatic carbocycles. The second kappa shape index (κ2) is 11.4. The number of ether oxygens (including phenoxy) is 2. The number of hydrogen-bond donors (Lipinski definition) is 0. The van der Waals surface area contributed by atoms with Crippen LogP contribution in [0.25, 0.3) is 27.4 Å². The van der Waals surface area contributed by atoms with Gasteiger partial charge in [0, 0.05) is 41.2 Å². The Bertz CT molecular complexity index is 2100. The van der Waals surface area contributed by atoms with Gasteiger partial charge in [-0.2, -0.15) is 4.57 Å². The van der Waals surface area contributed by atoms with Crippen molar-refractivity contribution in [2.75, 3.05) is 18.1 Å². The summed E-state index contributed by atoms with van der Waals surface area (Å²) in [6.45, 7) is 11.4. The molecule has 0 saturated heterocycles. The number of fused-ring (bicyclic) bond motifs is 12. The van der Waals surface area contributed by atoms with Crippen molar-refractivity contribution in [2.24, 2.45) is 11.3 Å². The first-order chi connectivity index (χ1) is 23.8. The molecule has 5 aliphatic rings. The van der Waals surface area contributed by atoms with E-state index in [0.717, 1.165) is 79.6 Å². The molecule has 0 spiro atoms. The summed E-state index contributed by atoms with van der Waals surface area (Å²) in [5, 5.41) is 2.35. The third-order valence-corrected chi connectivity index (χ3v) is 12.1. The molecule has 252 valence electrons. The fraction of sp³-hybridized carbons (Fsp3) is 0.442. The van der Waals surface area contributed by atoms with Gasteiger partial charge in [0.15, 0.2) is 6.54 Å². The second-order valence-corrected chi connectivity index (χ2v) is 15.8. The third kappa shape index (κ3) is 4.77. The Hall–Kier alpha value is -4.16. The van der Waals surface area contributed by atoms with E-state index >= 15 is 0 Å². The summed E-state index contributed by atoms with van der Waals surface area (Å²) in [6, 6.07) is 22.0. The third-order valence-electron chi connectivity index (χ3n) is 12.1. The van der Waals surface area contributed by atoms with Crippen LogP contribution in [-0.2, 0) is 26.2 Å². The van der Waals surface area contributed by atoms with Crippen molar-refractivity contribution in [1.82, 2.24) is 0 Å². The van der Waals surface area contributed by atoms with Crippen molar-refractivity contribution in [1.29, 1.82) is 0 Å². The largest absolute Gasteiger partial charge is 0.466 e. The normalized spacial score (nSPS) is 26.3. The first kappa shape index (κ1) is 30.9. The number of oxazole rings is 1. The minimum Gasteiger partial charge on any atom is -0.466 e. The molecule has 0 fully saturated rings. The Kier molecular flexibility index (Phi) is 7.21. The number of hydrogen-bond acceptors (Lipinski definition) is 5. The minimum absolute atomic E-state index is 0.0219. The average molecular weight is 656 g/mol. The highest BCUT2D eigenvalue weighted by Crippen LogP contribution is 2.57. The first-order valence-electron chi connectivity index (χ1n) is 18.5. The highest BCUT2D eigenvalue weighted by molar-refractivity contribution is 6.02. The molecule has 0 bridgehead atoms. The molecule has 4 aromatic rings. The maximum absolute atomic E-state index is 12.0. The molecule has 6 nitrogen and oxygen atoms in total. The van der Waals surface area contributed by atoms with Gasteiger partial charge in [-0.3, -0.25) is 4.79 Å². The number of aromatic nitrogens is 1. The van der Waals surface area contributed by atoms with Crippen LogP contribution in [0.1, 0.15) is 84.1 Å². The zero-order valence-electron chi connectivity index (χ0n) is 29.3. The van der Waals surface area contributed by atoms with Crippen LogP contribution in [0.2, 0.25) is 0 Å². The van der Waals surface area contributed by atoms with E-state index in [1.54, 1.807) is 0 Å². The van der Waals surface area contributed by atoms with E-state index in [9.17, 15) is 4.79 Å². The molecule has 0 amide bonds. The van der Waals surface area contributed by atoms with Crippen LogP contribution in [0.5, 0.6) is 0 Å².